The number of carboxylic acids is 1. The van der Waals surface area contributed by atoms with Gasteiger partial charge >= 0.3 is 5.97 Å². The molecule has 0 bridgehead atoms. The number of aromatic carboxylic acids is 1. The molecule has 3 aromatic rings. The second kappa shape index (κ2) is 5.16. The third kappa shape index (κ3) is 2.64. The van der Waals surface area contributed by atoms with Gasteiger partial charge in [-0.05, 0) is 31.2 Å². The fraction of sp³-hybridized carbons (Fsp3) is 0.0667. The van der Waals surface area contributed by atoms with E-state index in [1.807, 2.05) is 12.1 Å². The second-order valence-corrected chi connectivity index (χ2v) is 4.46. The van der Waals surface area contributed by atoms with Crippen molar-refractivity contribution < 1.29 is 14.4 Å². The minimum atomic E-state index is -0.963. The molecule has 0 amide bonds. The van der Waals surface area contributed by atoms with E-state index >= 15 is 0 Å². The summed E-state index contributed by atoms with van der Waals surface area (Å²) in [6, 6.07) is 10.2. The van der Waals surface area contributed by atoms with E-state index in [1.54, 1.807) is 37.4 Å². The third-order valence-electron chi connectivity index (χ3n) is 2.94. The zero-order valence-electron chi connectivity index (χ0n) is 11.1. The van der Waals surface area contributed by atoms with Crippen LogP contribution in [0.5, 0.6) is 0 Å². The molecule has 0 radical (unpaired) electrons. The van der Waals surface area contributed by atoms with E-state index in [9.17, 15) is 4.79 Å². The van der Waals surface area contributed by atoms with Crippen molar-refractivity contribution in [2.75, 3.05) is 0 Å². The summed E-state index contributed by atoms with van der Waals surface area (Å²) in [4.78, 5) is 19.4. The van der Waals surface area contributed by atoms with Crippen molar-refractivity contribution in [3.63, 3.8) is 0 Å². The maximum Gasteiger partial charge on any atom is 0.335 e. The van der Waals surface area contributed by atoms with Crippen molar-refractivity contribution in [1.82, 2.24) is 15.1 Å². The molecule has 2 aromatic heterocycles. The van der Waals surface area contributed by atoms with Gasteiger partial charge in [-0.1, -0.05) is 17.3 Å². The predicted molar refractivity (Wildman–Crippen MR) is 74.7 cm³/mol. The lowest BCUT2D eigenvalue weighted by Gasteiger charge is -2.02. The lowest BCUT2D eigenvalue weighted by molar-refractivity contribution is 0.0697. The SMILES string of the molecule is Cc1noc(-c2ccc(-c3cccc(C(=O)O)c3)nc2)n1. The van der Waals surface area contributed by atoms with E-state index in [1.165, 1.54) is 0 Å². The maximum absolute atomic E-state index is 11.0. The molecule has 0 saturated carbocycles. The van der Waals surface area contributed by atoms with Gasteiger partial charge in [-0.2, -0.15) is 4.98 Å². The van der Waals surface area contributed by atoms with Crippen LogP contribution in [0.2, 0.25) is 0 Å². The topological polar surface area (TPSA) is 89.1 Å². The van der Waals surface area contributed by atoms with Gasteiger partial charge in [-0.15, -0.1) is 0 Å². The molecule has 0 spiro atoms. The Labute approximate surface area is 120 Å². The molecule has 0 fully saturated rings. The van der Waals surface area contributed by atoms with Crippen molar-refractivity contribution in [3.8, 4) is 22.7 Å². The summed E-state index contributed by atoms with van der Waals surface area (Å²) in [7, 11) is 0. The van der Waals surface area contributed by atoms with Gasteiger partial charge in [0.2, 0.25) is 0 Å². The normalized spacial score (nSPS) is 10.5. The van der Waals surface area contributed by atoms with Crippen LogP contribution in [0, 0.1) is 6.92 Å². The van der Waals surface area contributed by atoms with Gasteiger partial charge in [0.05, 0.1) is 16.8 Å². The number of carboxylic acid groups (broad SMARTS) is 1. The van der Waals surface area contributed by atoms with Gasteiger partial charge in [0.1, 0.15) is 0 Å². The monoisotopic (exact) mass is 281 g/mol. The Hall–Kier alpha value is -3.02. The molecular weight excluding hydrogens is 270 g/mol. The number of nitrogens with zero attached hydrogens (tertiary/aromatic N) is 3. The first kappa shape index (κ1) is 13.0. The van der Waals surface area contributed by atoms with Crippen LogP contribution in [-0.2, 0) is 0 Å². The van der Waals surface area contributed by atoms with E-state index in [-0.39, 0.29) is 5.56 Å². The largest absolute Gasteiger partial charge is 0.478 e. The zero-order valence-corrected chi connectivity index (χ0v) is 11.1. The Morgan fingerprint density at radius 1 is 1.19 bits per heavy atom. The highest BCUT2D eigenvalue weighted by molar-refractivity contribution is 5.89. The predicted octanol–water partition coefficient (Wildman–Crippen LogP) is 2.81. The van der Waals surface area contributed by atoms with Crippen LogP contribution >= 0.6 is 0 Å². The van der Waals surface area contributed by atoms with Crippen molar-refractivity contribution >= 4 is 5.97 Å². The first-order chi connectivity index (χ1) is 10.1. The molecule has 0 atom stereocenters. The van der Waals surface area contributed by atoms with Gasteiger partial charge in [0, 0.05) is 11.8 Å². The third-order valence-corrected chi connectivity index (χ3v) is 2.94. The van der Waals surface area contributed by atoms with Crippen LogP contribution in [0.25, 0.3) is 22.7 Å². The molecule has 3 rings (SSSR count). The lowest BCUT2D eigenvalue weighted by Crippen LogP contribution is -1.96. The molecule has 6 heteroatoms. The first-order valence-corrected chi connectivity index (χ1v) is 6.24. The smallest absolute Gasteiger partial charge is 0.335 e. The Kier molecular flexibility index (Phi) is 3.19. The molecule has 0 aliphatic heterocycles. The van der Waals surface area contributed by atoms with Gasteiger partial charge < -0.3 is 9.63 Å². The summed E-state index contributed by atoms with van der Waals surface area (Å²) in [5, 5.41) is 12.7. The molecule has 21 heavy (non-hydrogen) atoms. The number of rotatable bonds is 3. The summed E-state index contributed by atoms with van der Waals surface area (Å²) in [6.45, 7) is 1.74. The van der Waals surface area contributed by atoms with Gasteiger partial charge in [-0.3, -0.25) is 4.98 Å². The molecule has 6 nitrogen and oxygen atoms in total. The molecule has 104 valence electrons. The lowest BCUT2D eigenvalue weighted by atomic mass is 10.1. The van der Waals surface area contributed by atoms with E-state index in [2.05, 4.69) is 15.1 Å². The number of benzene rings is 1. The molecular formula is C15H11N3O3. The highest BCUT2D eigenvalue weighted by Crippen LogP contribution is 2.22. The summed E-state index contributed by atoms with van der Waals surface area (Å²) < 4.78 is 5.07. The highest BCUT2D eigenvalue weighted by atomic mass is 16.5. The minimum Gasteiger partial charge on any atom is -0.478 e. The van der Waals surface area contributed by atoms with Crippen LogP contribution in [0.15, 0.2) is 47.1 Å². The summed E-state index contributed by atoms with van der Waals surface area (Å²) in [5.41, 5.74) is 2.36. The molecule has 0 unspecified atom stereocenters. The molecule has 0 saturated heterocycles. The number of aromatic nitrogens is 3. The first-order valence-electron chi connectivity index (χ1n) is 6.24. The van der Waals surface area contributed by atoms with Crippen molar-refractivity contribution in [2.45, 2.75) is 6.92 Å². The van der Waals surface area contributed by atoms with Crippen molar-refractivity contribution in [1.29, 1.82) is 0 Å². The summed E-state index contributed by atoms with van der Waals surface area (Å²) in [6.07, 6.45) is 1.62. The number of hydrogen-bond donors (Lipinski definition) is 1. The van der Waals surface area contributed by atoms with Gasteiger partial charge in [-0.25, -0.2) is 4.79 Å². The van der Waals surface area contributed by atoms with Crippen LogP contribution in [0.3, 0.4) is 0 Å². The van der Waals surface area contributed by atoms with Crippen molar-refractivity contribution in [3.05, 3.63) is 54.0 Å². The van der Waals surface area contributed by atoms with E-state index in [4.69, 9.17) is 9.63 Å². The van der Waals surface area contributed by atoms with E-state index in [0.29, 0.717) is 23.0 Å². The molecule has 1 N–H and O–H groups in total. The van der Waals surface area contributed by atoms with Crippen LogP contribution in [0.1, 0.15) is 16.2 Å². The van der Waals surface area contributed by atoms with Crippen LogP contribution in [-0.4, -0.2) is 26.2 Å². The highest BCUT2D eigenvalue weighted by Gasteiger charge is 2.09. The standard InChI is InChI=1S/C15H11N3O3/c1-9-17-14(21-18-9)12-5-6-13(16-8-12)10-3-2-4-11(7-10)15(19)20/h2-8H,1H3,(H,19,20). The Morgan fingerprint density at radius 2 is 2.05 bits per heavy atom. The fourth-order valence-corrected chi connectivity index (χ4v) is 1.92. The average Bonchev–Trinajstić information content (AvgIpc) is 2.94. The Balaban J connectivity index is 1.94. The zero-order chi connectivity index (χ0) is 14.8. The number of pyridine rings is 1. The molecule has 1 aromatic carbocycles. The second-order valence-electron chi connectivity index (χ2n) is 4.46. The quantitative estimate of drug-likeness (QED) is 0.794. The molecule has 2 heterocycles. The van der Waals surface area contributed by atoms with Gasteiger partial charge in [0.15, 0.2) is 5.82 Å². The summed E-state index contributed by atoms with van der Waals surface area (Å²) >= 11 is 0. The average molecular weight is 281 g/mol. The molecule has 0 aliphatic rings. The van der Waals surface area contributed by atoms with Crippen molar-refractivity contribution in [2.24, 2.45) is 0 Å². The Morgan fingerprint density at radius 3 is 2.67 bits per heavy atom. The van der Waals surface area contributed by atoms with Crippen LogP contribution in [0.4, 0.5) is 0 Å². The number of carbonyl (C=O) groups is 1. The number of hydrogen-bond acceptors (Lipinski definition) is 5. The summed E-state index contributed by atoms with van der Waals surface area (Å²) in [5.74, 6) is 0.00359. The maximum atomic E-state index is 11.0. The minimum absolute atomic E-state index is 0.228. The van der Waals surface area contributed by atoms with E-state index < -0.39 is 5.97 Å². The fourth-order valence-electron chi connectivity index (χ4n) is 1.92. The van der Waals surface area contributed by atoms with E-state index in [0.717, 1.165) is 5.56 Å². The van der Waals surface area contributed by atoms with Gasteiger partial charge in [0.25, 0.3) is 5.89 Å². The molecule has 0 aliphatic carbocycles. The van der Waals surface area contributed by atoms with Crippen LogP contribution < -0.4 is 0 Å². The number of aryl methyl sites for hydroxylation is 1. The Bertz CT molecular complexity index is 794.